The largest absolute Gasteiger partial charge is 0.459 e. The quantitative estimate of drug-likeness (QED) is 0.576. The molecule has 5 heteroatoms. The first-order valence-electron chi connectivity index (χ1n) is 5.39. The first kappa shape index (κ1) is 23.7. The molecule has 0 amide bonds. The van der Waals surface area contributed by atoms with Crippen molar-refractivity contribution in [1.82, 2.24) is 0 Å². The Balaban J connectivity index is -0.000000722. The summed E-state index contributed by atoms with van der Waals surface area (Å²) in [5, 5.41) is 0. The first-order chi connectivity index (χ1) is 7.41. The van der Waals surface area contributed by atoms with Crippen molar-refractivity contribution in [2.24, 2.45) is 11.8 Å². The number of rotatable bonds is 2. The van der Waals surface area contributed by atoms with E-state index in [-0.39, 0.29) is 35.7 Å². The van der Waals surface area contributed by atoms with E-state index in [0.29, 0.717) is 19.3 Å². The van der Waals surface area contributed by atoms with Gasteiger partial charge in [-0.25, -0.2) is 0 Å². The molecule has 0 N–H and O–H groups in total. The van der Waals surface area contributed by atoms with Gasteiger partial charge in [0.05, 0.1) is 11.8 Å². The maximum Gasteiger partial charge on any atom is 0.317 e. The Labute approximate surface area is 123 Å². The molecule has 0 spiro atoms. The van der Waals surface area contributed by atoms with Crippen molar-refractivity contribution in [2.75, 3.05) is 0 Å². The van der Waals surface area contributed by atoms with Gasteiger partial charge in [0.15, 0.2) is 0 Å². The summed E-state index contributed by atoms with van der Waals surface area (Å²) in [4.78, 5) is 33.7. The van der Waals surface area contributed by atoms with Gasteiger partial charge in [-0.1, -0.05) is 36.6 Å². The van der Waals surface area contributed by atoms with E-state index >= 15 is 0 Å². The molecular weight excluding hydrogens is 260 g/mol. The van der Waals surface area contributed by atoms with E-state index in [0.717, 1.165) is 0 Å². The second kappa shape index (κ2) is 8.02. The average Bonchev–Trinajstić information content (AvgIpc) is 2.63. The maximum atomic E-state index is 11.4. The topological polar surface area (TPSA) is 69.7 Å². The number of esters is 3. The molecule has 0 radical (unpaired) electrons. The molecular formula is C15H30O5. The predicted molar refractivity (Wildman–Crippen MR) is 79.0 cm³/mol. The van der Waals surface area contributed by atoms with Crippen LogP contribution in [0, 0.1) is 11.8 Å². The van der Waals surface area contributed by atoms with Crippen molar-refractivity contribution in [2.45, 2.75) is 68.4 Å². The minimum Gasteiger partial charge on any atom is -0.459 e. The number of hydrogen-bond acceptors (Lipinski definition) is 5. The zero-order valence-electron chi connectivity index (χ0n) is 9.32. The van der Waals surface area contributed by atoms with E-state index in [1.165, 1.54) is 0 Å². The summed E-state index contributed by atoms with van der Waals surface area (Å²) in [6, 6.07) is 0. The standard InChI is InChI=1S/C11H14O5.4CH4/c1-6-7(10(14)15-9(6)13)5-11(2)4-3-8(12)16-11;;;;/h6-7H,3-5H2,1-2H3;4*1H4. The third-order valence-corrected chi connectivity index (χ3v) is 3.35. The lowest BCUT2D eigenvalue weighted by molar-refractivity contribution is -0.156. The molecule has 0 aromatic carbocycles. The van der Waals surface area contributed by atoms with Crippen molar-refractivity contribution in [3.05, 3.63) is 0 Å². The highest BCUT2D eigenvalue weighted by Gasteiger charge is 2.47. The Hall–Kier alpha value is -1.39. The summed E-state index contributed by atoms with van der Waals surface area (Å²) in [6.07, 6.45) is 1.33. The van der Waals surface area contributed by atoms with Crippen LogP contribution in [0.2, 0.25) is 0 Å². The molecule has 0 aliphatic carbocycles. The van der Waals surface area contributed by atoms with E-state index in [1.54, 1.807) is 13.8 Å². The van der Waals surface area contributed by atoms with Gasteiger partial charge in [-0.15, -0.1) is 0 Å². The highest BCUT2D eigenvalue weighted by molar-refractivity contribution is 5.96. The van der Waals surface area contributed by atoms with Gasteiger partial charge >= 0.3 is 17.9 Å². The van der Waals surface area contributed by atoms with Crippen LogP contribution in [0.4, 0.5) is 0 Å². The van der Waals surface area contributed by atoms with Crippen LogP contribution in [0.1, 0.15) is 62.8 Å². The Bertz CT molecular complexity index is 363. The van der Waals surface area contributed by atoms with E-state index in [2.05, 4.69) is 4.74 Å². The minimum absolute atomic E-state index is 0. The lowest BCUT2D eigenvalue weighted by atomic mass is 9.84. The van der Waals surface area contributed by atoms with Gasteiger partial charge in [-0.2, -0.15) is 0 Å². The smallest absolute Gasteiger partial charge is 0.317 e. The number of carbonyl (C=O) groups excluding carboxylic acids is 3. The number of cyclic esters (lactones) is 3. The summed E-state index contributed by atoms with van der Waals surface area (Å²) in [5.41, 5.74) is -0.625. The van der Waals surface area contributed by atoms with E-state index in [1.807, 2.05) is 0 Å². The summed E-state index contributed by atoms with van der Waals surface area (Å²) in [5.74, 6) is -2.15. The molecule has 2 aliphatic heterocycles. The molecule has 0 bridgehead atoms. The average molecular weight is 290 g/mol. The Kier molecular flexibility index (Phi) is 9.50. The molecule has 3 unspecified atom stereocenters. The molecule has 120 valence electrons. The normalized spacial score (nSPS) is 31.0. The predicted octanol–water partition coefficient (Wildman–Crippen LogP) is 3.35. The van der Waals surface area contributed by atoms with E-state index in [4.69, 9.17) is 4.74 Å². The summed E-state index contributed by atoms with van der Waals surface area (Å²) >= 11 is 0. The third kappa shape index (κ3) is 4.32. The second-order valence-corrected chi connectivity index (χ2v) is 4.76. The third-order valence-electron chi connectivity index (χ3n) is 3.35. The highest BCUT2D eigenvalue weighted by atomic mass is 16.6. The van der Waals surface area contributed by atoms with Gasteiger partial charge in [0.2, 0.25) is 0 Å². The fraction of sp³-hybridized carbons (Fsp3) is 0.800. The fourth-order valence-corrected chi connectivity index (χ4v) is 2.25. The zero-order chi connectivity index (χ0) is 11.9. The van der Waals surface area contributed by atoms with Gasteiger partial charge in [0, 0.05) is 12.8 Å². The van der Waals surface area contributed by atoms with Gasteiger partial charge < -0.3 is 9.47 Å². The molecule has 5 nitrogen and oxygen atoms in total. The molecule has 20 heavy (non-hydrogen) atoms. The molecule has 0 aromatic rings. The van der Waals surface area contributed by atoms with Crippen LogP contribution in [0.15, 0.2) is 0 Å². The van der Waals surface area contributed by atoms with Crippen molar-refractivity contribution in [3.63, 3.8) is 0 Å². The number of carbonyl (C=O) groups is 3. The minimum atomic E-state index is -0.625. The summed E-state index contributed by atoms with van der Waals surface area (Å²) < 4.78 is 9.73. The molecule has 0 aromatic heterocycles. The summed E-state index contributed by atoms with van der Waals surface area (Å²) in [6.45, 7) is 3.46. The van der Waals surface area contributed by atoms with Crippen molar-refractivity contribution < 1.29 is 23.9 Å². The molecule has 2 aliphatic rings. The first-order valence-corrected chi connectivity index (χ1v) is 5.39. The van der Waals surface area contributed by atoms with Crippen LogP contribution in [0.3, 0.4) is 0 Å². The van der Waals surface area contributed by atoms with Crippen molar-refractivity contribution >= 4 is 17.9 Å². The SMILES string of the molecule is C.C.C.C.CC1C(=O)OC(=O)C1CC1(C)CCC(=O)O1. The summed E-state index contributed by atoms with van der Waals surface area (Å²) in [7, 11) is 0. The molecule has 2 rings (SSSR count). The Morgan fingerprint density at radius 1 is 1.10 bits per heavy atom. The van der Waals surface area contributed by atoms with Crippen LogP contribution in [-0.4, -0.2) is 23.5 Å². The number of ether oxygens (including phenoxy) is 2. The fourth-order valence-electron chi connectivity index (χ4n) is 2.25. The zero-order valence-corrected chi connectivity index (χ0v) is 9.32. The van der Waals surface area contributed by atoms with E-state index < -0.39 is 29.4 Å². The maximum absolute atomic E-state index is 11.4. The lowest BCUT2D eigenvalue weighted by Crippen LogP contribution is -2.31. The van der Waals surface area contributed by atoms with Crippen LogP contribution in [-0.2, 0) is 23.9 Å². The van der Waals surface area contributed by atoms with Gasteiger partial charge in [-0.3, -0.25) is 14.4 Å². The highest BCUT2D eigenvalue weighted by Crippen LogP contribution is 2.37. The van der Waals surface area contributed by atoms with Crippen molar-refractivity contribution in [3.8, 4) is 0 Å². The van der Waals surface area contributed by atoms with Crippen LogP contribution < -0.4 is 0 Å². The van der Waals surface area contributed by atoms with Crippen LogP contribution >= 0.6 is 0 Å². The molecule has 2 saturated heterocycles. The van der Waals surface area contributed by atoms with Crippen LogP contribution in [0.25, 0.3) is 0 Å². The van der Waals surface area contributed by atoms with Gasteiger partial charge in [0.1, 0.15) is 5.60 Å². The Morgan fingerprint density at radius 2 is 1.65 bits per heavy atom. The molecule has 0 saturated carbocycles. The van der Waals surface area contributed by atoms with Gasteiger partial charge in [0.25, 0.3) is 0 Å². The van der Waals surface area contributed by atoms with Crippen molar-refractivity contribution in [1.29, 1.82) is 0 Å². The second-order valence-electron chi connectivity index (χ2n) is 4.76. The monoisotopic (exact) mass is 290 g/mol. The van der Waals surface area contributed by atoms with Crippen LogP contribution in [0.5, 0.6) is 0 Å². The molecule has 2 fully saturated rings. The van der Waals surface area contributed by atoms with E-state index in [9.17, 15) is 14.4 Å². The molecule has 2 heterocycles. The Morgan fingerprint density at radius 3 is 2.00 bits per heavy atom. The molecule has 3 atom stereocenters. The van der Waals surface area contributed by atoms with Gasteiger partial charge in [-0.05, 0) is 13.3 Å². The lowest BCUT2D eigenvalue weighted by Gasteiger charge is -2.25. The number of hydrogen-bond donors (Lipinski definition) is 0.